The van der Waals surface area contributed by atoms with Gasteiger partial charge in [0.2, 0.25) is 0 Å². The van der Waals surface area contributed by atoms with Crippen molar-refractivity contribution < 1.29 is 27.2 Å². The molecule has 0 radical (unpaired) electrons. The van der Waals surface area contributed by atoms with Gasteiger partial charge in [0.25, 0.3) is 5.91 Å². The topological polar surface area (TPSA) is 93.9 Å². The van der Waals surface area contributed by atoms with Gasteiger partial charge in [-0.05, 0) is 43.5 Å². The second-order valence-electron chi connectivity index (χ2n) is 7.09. The zero-order valence-electron chi connectivity index (χ0n) is 15.6. The van der Waals surface area contributed by atoms with Crippen LogP contribution in [0.5, 0.6) is 0 Å². The maximum atomic E-state index is 12.2. The largest absolute Gasteiger partial charge is 0.464 e. The van der Waals surface area contributed by atoms with Gasteiger partial charge in [0.1, 0.15) is 5.58 Å². The Morgan fingerprint density at radius 1 is 1.26 bits per heavy atom. The number of hydrogen-bond acceptors (Lipinski definition) is 6. The average molecular weight is 393 g/mol. The summed E-state index contributed by atoms with van der Waals surface area (Å²) >= 11 is 0. The zero-order chi connectivity index (χ0) is 19.8. The summed E-state index contributed by atoms with van der Waals surface area (Å²) in [5, 5.41) is 0.856. The van der Waals surface area contributed by atoms with Crippen LogP contribution < -0.4 is 0 Å². The summed E-state index contributed by atoms with van der Waals surface area (Å²) in [5.41, 5.74) is 3.62. The summed E-state index contributed by atoms with van der Waals surface area (Å²) in [4.78, 5) is 25.7. The maximum Gasteiger partial charge on any atom is 0.310 e. The second-order valence-corrected chi connectivity index (χ2v) is 9.32. The number of benzene rings is 1. The Morgan fingerprint density at radius 3 is 2.63 bits per heavy atom. The Bertz CT molecular complexity index is 991. The van der Waals surface area contributed by atoms with Gasteiger partial charge in [0.05, 0.1) is 24.2 Å². The van der Waals surface area contributed by atoms with Gasteiger partial charge in [0.15, 0.2) is 16.4 Å². The molecule has 1 aromatic heterocycles. The molecule has 27 heavy (non-hydrogen) atoms. The van der Waals surface area contributed by atoms with E-state index in [4.69, 9.17) is 9.15 Å². The van der Waals surface area contributed by atoms with E-state index < -0.39 is 28.3 Å². The highest BCUT2D eigenvalue weighted by molar-refractivity contribution is 7.91. The van der Waals surface area contributed by atoms with Crippen LogP contribution in [-0.4, -0.2) is 56.4 Å². The van der Waals surface area contributed by atoms with Gasteiger partial charge in [-0.1, -0.05) is 0 Å². The highest BCUT2D eigenvalue weighted by atomic mass is 32.2. The first-order chi connectivity index (χ1) is 12.7. The first-order valence-electron chi connectivity index (χ1n) is 8.75. The van der Waals surface area contributed by atoms with Gasteiger partial charge in [-0.2, -0.15) is 0 Å². The number of esters is 1. The molecule has 0 unspecified atom stereocenters. The number of hydrogen-bond donors (Lipinski definition) is 0. The second kappa shape index (κ2) is 7.34. The minimum atomic E-state index is -3.08. The van der Waals surface area contributed by atoms with Crippen molar-refractivity contribution in [3.63, 3.8) is 0 Å². The lowest BCUT2D eigenvalue weighted by Crippen LogP contribution is -2.40. The minimum Gasteiger partial charge on any atom is -0.464 e. The van der Waals surface area contributed by atoms with Gasteiger partial charge >= 0.3 is 5.97 Å². The van der Waals surface area contributed by atoms with Crippen molar-refractivity contribution in [2.75, 3.05) is 25.2 Å². The van der Waals surface area contributed by atoms with Crippen molar-refractivity contribution in [2.24, 2.45) is 0 Å². The SMILES string of the molecule is Cc1cc2occ(CC(=O)OCC(=O)N(C)[C@@H]3CCS(=O)(=O)C3)c2cc1C. The lowest BCUT2D eigenvalue weighted by atomic mass is 10.0. The molecule has 1 saturated heterocycles. The Balaban J connectivity index is 1.57. The number of aryl methyl sites for hydroxylation is 2. The van der Waals surface area contributed by atoms with Crippen molar-refractivity contribution in [3.05, 3.63) is 35.1 Å². The molecule has 1 aromatic carbocycles. The van der Waals surface area contributed by atoms with Crippen LogP contribution in [0.1, 0.15) is 23.1 Å². The summed E-state index contributed by atoms with van der Waals surface area (Å²) in [6.45, 7) is 3.57. The van der Waals surface area contributed by atoms with Crippen LogP contribution in [0.2, 0.25) is 0 Å². The number of nitrogens with zero attached hydrogens (tertiary/aromatic N) is 1. The van der Waals surface area contributed by atoms with Gasteiger partial charge in [0, 0.05) is 24.0 Å². The maximum absolute atomic E-state index is 12.2. The summed E-state index contributed by atoms with van der Waals surface area (Å²) in [6.07, 6.45) is 1.95. The van der Waals surface area contributed by atoms with Crippen molar-refractivity contribution in [3.8, 4) is 0 Å². The molecule has 0 saturated carbocycles. The normalized spacial score (nSPS) is 18.6. The van der Waals surface area contributed by atoms with E-state index in [9.17, 15) is 18.0 Å². The fourth-order valence-corrected chi connectivity index (χ4v) is 4.98. The van der Waals surface area contributed by atoms with E-state index in [-0.39, 0.29) is 24.0 Å². The van der Waals surface area contributed by atoms with E-state index in [1.54, 1.807) is 0 Å². The summed E-state index contributed by atoms with van der Waals surface area (Å²) in [5.74, 6) is -0.893. The van der Waals surface area contributed by atoms with E-state index in [1.807, 2.05) is 26.0 Å². The van der Waals surface area contributed by atoms with E-state index in [1.165, 1.54) is 18.2 Å². The number of ether oxygens (including phenoxy) is 1. The third-order valence-electron chi connectivity index (χ3n) is 5.11. The molecule has 7 nitrogen and oxygen atoms in total. The first kappa shape index (κ1) is 19.4. The summed E-state index contributed by atoms with van der Waals surface area (Å²) < 4.78 is 33.7. The number of carbonyl (C=O) groups is 2. The number of carbonyl (C=O) groups excluding carboxylic acids is 2. The molecule has 1 fully saturated rings. The number of furan rings is 1. The fraction of sp³-hybridized carbons (Fsp3) is 0.474. The number of fused-ring (bicyclic) bond motifs is 1. The van der Waals surface area contributed by atoms with Crippen molar-refractivity contribution in [1.82, 2.24) is 4.90 Å². The molecule has 0 spiro atoms. The lowest BCUT2D eigenvalue weighted by Gasteiger charge is -2.23. The molecule has 3 rings (SSSR count). The van der Waals surface area contributed by atoms with Crippen LogP contribution in [0.25, 0.3) is 11.0 Å². The molecular weight excluding hydrogens is 370 g/mol. The Labute approximate surface area is 158 Å². The number of rotatable bonds is 5. The van der Waals surface area contributed by atoms with Gasteiger partial charge in [-0.25, -0.2) is 8.42 Å². The summed E-state index contributed by atoms with van der Waals surface area (Å²) in [7, 11) is -1.54. The van der Waals surface area contributed by atoms with Crippen LogP contribution in [-0.2, 0) is 30.6 Å². The first-order valence-corrected chi connectivity index (χ1v) is 10.6. The number of sulfone groups is 1. The van der Waals surface area contributed by atoms with Crippen molar-refractivity contribution in [1.29, 1.82) is 0 Å². The smallest absolute Gasteiger partial charge is 0.310 e. The van der Waals surface area contributed by atoms with E-state index in [0.717, 1.165) is 16.5 Å². The molecule has 1 aliphatic rings. The molecule has 1 aliphatic heterocycles. The Morgan fingerprint density at radius 2 is 1.96 bits per heavy atom. The third kappa shape index (κ3) is 4.32. The quantitative estimate of drug-likeness (QED) is 0.719. The molecule has 2 aromatic rings. The van der Waals surface area contributed by atoms with E-state index in [0.29, 0.717) is 17.6 Å². The zero-order valence-corrected chi connectivity index (χ0v) is 16.5. The van der Waals surface area contributed by atoms with Crippen molar-refractivity contribution in [2.45, 2.75) is 32.7 Å². The van der Waals surface area contributed by atoms with Crippen LogP contribution in [0.3, 0.4) is 0 Å². The van der Waals surface area contributed by atoms with Crippen LogP contribution >= 0.6 is 0 Å². The van der Waals surface area contributed by atoms with E-state index in [2.05, 4.69) is 0 Å². The number of amides is 1. The fourth-order valence-electron chi connectivity index (χ4n) is 3.21. The molecule has 146 valence electrons. The van der Waals surface area contributed by atoms with Crippen LogP contribution in [0.4, 0.5) is 0 Å². The number of likely N-dealkylation sites (N-methyl/N-ethyl adjacent to an activating group) is 1. The molecule has 2 heterocycles. The highest BCUT2D eigenvalue weighted by Gasteiger charge is 2.32. The molecule has 0 aliphatic carbocycles. The van der Waals surface area contributed by atoms with E-state index >= 15 is 0 Å². The molecule has 0 N–H and O–H groups in total. The third-order valence-corrected chi connectivity index (χ3v) is 6.86. The van der Waals surface area contributed by atoms with Crippen molar-refractivity contribution >= 4 is 32.7 Å². The molecule has 1 amide bonds. The van der Waals surface area contributed by atoms with Crippen LogP contribution in [0.15, 0.2) is 22.8 Å². The predicted octanol–water partition coefficient (Wildman–Crippen LogP) is 1.78. The highest BCUT2D eigenvalue weighted by Crippen LogP contribution is 2.25. The standard InChI is InChI=1S/C19H23NO6S/c1-12-6-16-14(9-25-17(16)7-13(12)2)8-19(22)26-10-18(21)20(3)15-4-5-27(23,24)11-15/h6-7,9,15H,4-5,8,10-11H2,1-3H3/t15-/m1/s1. The Kier molecular flexibility index (Phi) is 5.28. The van der Waals surface area contributed by atoms with Gasteiger partial charge in [-0.15, -0.1) is 0 Å². The van der Waals surface area contributed by atoms with Gasteiger partial charge in [-0.3, -0.25) is 9.59 Å². The monoisotopic (exact) mass is 393 g/mol. The predicted molar refractivity (Wildman–Crippen MR) is 100 cm³/mol. The van der Waals surface area contributed by atoms with Crippen LogP contribution in [0, 0.1) is 13.8 Å². The summed E-state index contributed by atoms with van der Waals surface area (Å²) in [6, 6.07) is 3.54. The minimum absolute atomic E-state index is 0.00427. The average Bonchev–Trinajstić information content (AvgIpc) is 3.15. The lowest BCUT2D eigenvalue weighted by molar-refractivity contribution is -0.151. The molecular formula is C19H23NO6S. The molecule has 1 atom stereocenters. The van der Waals surface area contributed by atoms with Gasteiger partial charge < -0.3 is 14.1 Å². The Hall–Kier alpha value is -2.35. The molecule has 0 bridgehead atoms. The molecule has 8 heteroatoms.